The van der Waals surface area contributed by atoms with Crippen molar-refractivity contribution < 1.29 is 14.3 Å². The first-order valence-electron chi connectivity index (χ1n) is 5.71. The standard InChI is InChI=1S/C11H19NO3/c1-14-11(13)9-2-3-10(8-9)12-4-6-15-7-5-12/h9-10H,2-8H2,1H3/t9-,10+/m0/s1. The number of carbonyl (C=O) groups excluding carboxylic acids is 1. The molecular weight excluding hydrogens is 194 g/mol. The second-order valence-corrected chi connectivity index (χ2v) is 4.34. The third-order valence-electron chi connectivity index (χ3n) is 3.50. The van der Waals surface area contributed by atoms with Crippen LogP contribution in [0.5, 0.6) is 0 Å². The molecule has 1 saturated carbocycles. The minimum Gasteiger partial charge on any atom is -0.469 e. The molecule has 2 aliphatic rings. The van der Waals surface area contributed by atoms with E-state index in [0.717, 1.165) is 45.6 Å². The smallest absolute Gasteiger partial charge is 0.308 e. The summed E-state index contributed by atoms with van der Waals surface area (Å²) in [4.78, 5) is 13.8. The molecule has 2 atom stereocenters. The Morgan fingerprint density at radius 3 is 2.73 bits per heavy atom. The van der Waals surface area contributed by atoms with Crippen LogP contribution in [-0.4, -0.2) is 50.3 Å². The number of rotatable bonds is 2. The van der Waals surface area contributed by atoms with Crippen LogP contribution in [0.3, 0.4) is 0 Å². The summed E-state index contributed by atoms with van der Waals surface area (Å²) in [5.74, 6) is 0.0913. The number of morpholine rings is 1. The second-order valence-electron chi connectivity index (χ2n) is 4.34. The van der Waals surface area contributed by atoms with Gasteiger partial charge in [-0.2, -0.15) is 0 Å². The lowest BCUT2D eigenvalue weighted by Gasteiger charge is -2.32. The van der Waals surface area contributed by atoms with Crippen molar-refractivity contribution in [2.45, 2.75) is 25.3 Å². The van der Waals surface area contributed by atoms with Crippen LogP contribution in [0.25, 0.3) is 0 Å². The van der Waals surface area contributed by atoms with Gasteiger partial charge < -0.3 is 9.47 Å². The third kappa shape index (κ3) is 2.49. The zero-order chi connectivity index (χ0) is 10.7. The average Bonchev–Trinajstić information content (AvgIpc) is 2.78. The minimum absolute atomic E-state index is 0.0363. The lowest BCUT2D eigenvalue weighted by atomic mass is 10.1. The molecule has 1 heterocycles. The molecule has 1 saturated heterocycles. The lowest BCUT2D eigenvalue weighted by Crippen LogP contribution is -2.42. The van der Waals surface area contributed by atoms with E-state index in [4.69, 9.17) is 9.47 Å². The van der Waals surface area contributed by atoms with Crippen LogP contribution in [0.4, 0.5) is 0 Å². The number of nitrogens with zero attached hydrogens (tertiary/aromatic N) is 1. The first-order chi connectivity index (χ1) is 7.31. The number of esters is 1. The number of hydrogen-bond donors (Lipinski definition) is 0. The maximum Gasteiger partial charge on any atom is 0.308 e. The maximum atomic E-state index is 11.4. The van der Waals surface area contributed by atoms with Crippen molar-refractivity contribution in [3.05, 3.63) is 0 Å². The molecule has 0 N–H and O–H groups in total. The Bertz CT molecular complexity index is 226. The number of hydrogen-bond acceptors (Lipinski definition) is 4. The third-order valence-corrected chi connectivity index (χ3v) is 3.50. The summed E-state index contributed by atoms with van der Waals surface area (Å²) in [6.07, 6.45) is 3.07. The van der Waals surface area contributed by atoms with Gasteiger partial charge in [0.05, 0.1) is 26.2 Å². The van der Waals surface area contributed by atoms with Crippen molar-refractivity contribution >= 4 is 5.97 Å². The molecular formula is C11H19NO3. The van der Waals surface area contributed by atoms with Crippen LogP contribution in [0, 0.1) is 5.92 Å². The van der Waals surface area contributed by atoms with Crippen molar-refractivity contribution in [3.63, 3.8) is 0 Å². The van der Waals surface area contributed by atoms with Crippen molar-refractivity contribution in [1.82, 2.24) is 4.90 Å². The minimum atomic E-state index is -0.0363. The molecule has 0 amide bonds. The van der Waals surface area contributed by atoms with E-state index in [9.17, 15) is 4.79 Å². The van der Waals surface area contributed by atoms with Crippen molar-refractivity contribution in [3.8, 4) is 0 Å². The monoisotopic (exact) mass is 213 g/mol. The fourth-order valence-electron chi connectivity index (χ4n) is 2.61. The SMILES string of the molecule is COC(=O)[C@H]1CC[C@@H](N2CCOCC2)C1. The first-order valence-corrected chi connectivity index (χ1v) is 5.71. The summed E-state index contributed by atoms with van der Waals surface area (Å²) in [7, 11) is 1.48. The van der Waals surface area contributed by atoms with Crippen LogP contribution in [0.1, 0.15) is 19.3 Å². The predicted molar refractivity (Wildman–Crippen MR) is 55.5 cm³/mol. The van der Waals surface area contributed by atoms with E-state index in [-0.39, 0.29) is 11.9 Å². The van der Waals surface area contributed by atoms with Gasteiger partial charge in [-0.15, -0.1) is 0 Å². The van der Waals surface area contributed by atoms with Crippen LogP contribution in [0.15, 0.2) is 0 Å². The van der Waals surface area contributed by atoms with Gasteiger partial charge in [0.1, 0.15) is 0 Å². The topological polar surface area (TPSA) is 38.8 Å². The molecule has 4 heteroatoms. The van der Waals surface area contributed by atoms with E-state index in [0.29, 0.717) is 6.04 Å². The van der Waals surface area contributed by atoms with Gasteiger partial charge in [0, 0.05) is 19.1 Å². The molecule has 1 aliphatic carbocycles. The molecule has 2 fully saturated rings. The predicted octanol–water partition coefficient (Wildman–Crippen LogP) is 0.660. The van der Waals surface area contributed by atoms with E-state index in [1.54, 1.807) is 0 Å². The highest BCUT2D eigenvalue weighted by atomic mass is 16.5. The highest BCUT2D eigenvalue weighted by molar-refractivity contribution is 5.72. The summed E-state index contributed by atoms with van der Waals surface area (Å²) in [6, 6.07) is 0.568. The molecule has 0 aromatic carbocycles. The summed E-state index contributed by atoms with van der Waals surface area (Å²) in [5.41, 5.74) is 0. The van der Waals surface area contributed by atoms with Crippen LogP contribution in [-0.2, 0) is 14.3 Å². The first kappa shape index (κ1) is 10.9. The molecule has 0 unspecified atom stereocenters. The molecule has 1 aliphatic heterocycles. The zero-order valence-electron chi connectivity index (χ0n) is 9.28. The summed E-state index contributed by atoms with van der Waals surface area (Å²) in [5, 5.41) is 0. The van der Waals surface area contributed by atoms with E-state index >= 15 is 0 Å². The molecule has 0 spiro atoms. The Morgan fingerprint density at radius 2 is 2.07 bits per heavy atom. The quantitative estimate of drug-likeness (QED) is 0.632. The Hall–Kier alpha value is -0.610. The van der Waals surface area contributed by atoms with Gasteiger partial charge in [-0.05, 0) is 19.3 Å². The van der Waals surface area contributed by atoms with Gasteiger partial charge in [0.2, 0.25) is 0 Å². The van der Waals surface area contributed by atoms with Gasteiger partial charge >= 0.3 is 5.97 Å². The molecule has 0 bridgehead atoms. The number of ether oxygens (including phenoxy) is 2. The van der Waals surface area contributed by atoms with Crippen LogP contribution in [0.2, 0.25) is 0 Å². The molecule has 0 aromatic heterocycles. The fraction of sp³-hybridized carbons (Fsp3) is 0.909. The normalized spacial score (nSPS) is 32.9. The number of carbonyl (C=O) groups is 1. The Labute approximate surface area is 90.5 Å². The van der Waals surface area contributed by atoms with E-state index < -0.39 is 0 Å². The highest BCUT2D eigenvalue weighted by Crippen LogP contribution is 2.30. The van der Waals surface area contributed by atoms with Crippen molar-refractivity contribution in [2.24, 2.45) is 5.92 Å². The van der Waals surface area contributed by atoms with Crippen molar-refractivity contribution in [2.75, 3.05) is 33.4 Å². The second kappa shape index (κ2) is 4.94. The average molecular weight is 213 g/mol. The largest absolute Gasteiger partial charge is 0.469 e. The van der Waals surface area contributed by atoms with Gasteiger partial charge in [-0.1, -0.05) is 0 Å². The molecule has 2 rings (SSSR count). The van der Waals surface area contributed by atoms with Gasteiger partial charge in [-0.3, -0.25) is 9.69 Å². The van der Waals surface area contributed by atoms with Gasteiger partial charge in [0.25, 0.3) is 0 Å². The highest BCUT2D eigenvalue weighted by Gasteiger charge is 2.34. The number of methoxy groups -OCH3 is 1. The Kier molecular flexibility index (Phi) is 3.59. The molecule has 86 valence electrons. The summed E-state index contributed by atoms with van der Waals surface area (Å²) >= 11 is 0. The van der Waals surface area contributed by atoms with Gasteiger partial charge in [-0.25, -0.2) is 0 Å². The van der Waals surface area contributed by atoms with Crippen LogP contribution < -0.4 is 0 Å². The molecule has 0 aromatic rings. The van der Waals surface area contributed by atoms with Crippen LogP contribution >= 0.6 is 0 Å². The summed E-state index contributed by atoms with van der Waals surface area (Å²) in [6.45, 7) is 3.69. The molecule has 0 radical (unpaired) electrons. The van der Waals surface area contributed by atoms with E-state index in [2.05, 4.69) is 4.90 Å². The lowest BCUT2D eigenvalue weighted by molar-refractivity contribution is -0.145. The molecule has 4 nitrogen and oxygen atoms in total. The zero-order valence-corrected chi connectivity index (χ0v) is 9.28. The maximum absolute atomic E-state index is 11.4. The molecule has 15 heavy (non-hydrogen) atoms. The fourth-order valence-corrected chi connectivity index (χ4v) is 2.61. The Morgan fingerprint density at radius 1 is 1.33 bits per heavy atom. The van der Waals surface area contributed by atoms with E-state index in [1.807, 2.05) is 0 Å². The van der Waals surface area contributed by atoms with Crippen molar-refractivity contribution in [1.29, 1.82) is 0 Å². The van der Waals surface area contributed by atoms with Gasteiger partial charge in [0.15, 0.2) is 0 Å². The Balaban J connectivity index is 1.83. The van der Waals surface area contributed by atoms with E-state index in [1.165, 1.54) is 7.11 Å². The summed E-state index contributed by atoms with van der Waals surface area (Å²) < 4.78 is 10.1.